The standard InChI is InChI=1S/C15H8N6O7S2/c16-5-10-11(6-17)19-15(18-10)21-20-13-9-2-1-8(29(23,24)25)3-7(9)4-12(14(13)22)30(26,27)28/h1-4,22H,(H,18,19)(H,23,24,25)(H,26,27,28). The number of nitrogens with zero attached hydrogens (tertiary/aromatic N) is 5. The predicted octanol–water partition coefficient (Wildman–Crippen LogP) is 1.92. The number of aromatic hydroxyl groups is 1. The van der Waals surface area contributed by atoms with E-state index in [1.165, 1.54) is 0 Å². The number of benzene rings is 2. The van der Waals surface area contributed by atoms with E-state index in [2.05, 4.69) is 20.2 Å². The quantitative estimate of drug-likeness (QED) is 0.334. The van der Waals surface area contributed by atoms with E-state index in [0.29, 0.717) is 0 Å². The van der Waals surface area contributed by atoms with Gasteiger partial charge >= 0.3 is 0 Å². The Morgan fingerprint density at radius 2 is 1.70 bits per heavy atom. The molecule has 0 aliphatic heterocycles. The molecule has 2 aromatic carbocycles. The number of fused-ring (bicyclic) bond motifs is 1. The summed E-state index contributed by atoms with van der Waals surface area (Å²) in [5, 5.41) is 35.2. The summed E-state index contributed by atoms with van der Waals surface area (Å²) in [6.07, 6.45) is 0. The molecule has 0 saturated heterocycles. The third-order valence-corrected chi connectivity index (χ3v) is 5.47. The van der Waals surface area contributed by atoms with Crippen molar-refractivity contribution in [3.05, 3.63) is 35.7 Å². The van der Waals surface area contributed by atoms with Crippen molar-refractivity contribution in [1.29, 1.82) is 10.5 Å². The van der Waals surface area contributed by atoms with Crippen LogP contribution in [-0.4, -0.2) is 41.0 Å². The second-order valence-electron chi connectivity index (χ2n) is 5.61. The molecule has 0 amide bonds. The number of phenols is 1. The molecule has 30 heavy (non-hydrogen) atoms. The molecule has 1 heterocycles. The van der Waals surface area contributed by atoms with Crippen LogP contribution in [0.4, 0.5) is 11.6 Å². The first kappa shape index (κ1) is 20.8. The lowest BCUT2D eigenvalue weighted by molar-refractivity contribution is 0.445. The van der Waals surface area contributed by atoms with Crippen LogP contribution >= 0.6 is 0 Å². The predicted molar refractivity (Wildman–Crippen MR) is 97.4 cm³/mol. The van der Waals surface area contributed by atoms with Crippen LogP contribution in [-0.2, 0) is 20.2 Å². The number of H-pyrrole nitrogens is 1. The minimum atomic E-state index is -4.96. The van der Waals surface area contributed by atoms with Gasteiger partial charge in [-0.3, -0.25) is 9.11 Å². The molecule has 152 valence electrons. The second kappa shape index (κ2) is 7.17. The Morgan fingerprint density at radius 3 is 2.23 bits per heavy atom. The normalized spacial score (nSPS) is 12.1. The van der Waals surface area contributed by atoms with Gasteiger partial charge in [0, 0.05) is 5.39 Å². The number of azo groups is 1. The number of nitriles is 2. The highest BCUT2D eigenvalue weighted by Gasteiger charge is 2.23. The number of hydrogen-bond donors (Lipinski definition) is 4. The smallest absolute Gasteiger partial charge is 0.298 e. The number of imidazole rings is 1. The number of aromatic nitrogens is 2. The van der Waals surface area contributed by atoms with Gasteiger partial charge in [0.05, 0.1) is 4.90 Å². The Bertz CT molecular complexity index is 1490. The van der Waals surface area contributed by atoms with E-state index in [-0.39, 0.29) is 28.1 Å². The van der Waals surface area contributed by atoms with Crippen LogP contribution in [0.1, 0.15) is 11.4 Å². The lowest BCUT2D eigenvalue weighted by Crippen LogP contribution is -2.00. The third-order valence-electron chi connectivity index (χ3n) is 3.75. The van der Waals surface area contributed by atoms with E-state index in [4.69, 9.17) is 10.5 Å². The summed E-state index contributed by atoms with van der Waals surface area (Å²) in [4.78, 5) is 4.49. The fourth-order valence-corrected chi connectivity index (χ4v) is 3.59. The molecule has 13 nitrogen and oxygen atoms in total. The van der Waals surface area contributed by atoms with Gasteiger partial charge in [0.15, 0.2) is 17.1 Å². The number of hydrogen-bond acceptors (Lipinski definition) is 10. The van der Waals surface area contributed by atoms with E-state index in [1.54, 1.807) is 12.1 Å². The van der Waals surface area contributed by atoms with Crippen LogP contribution in [0.15, 0.2) is 44.3 Å². The molecule has 0 unspecified atom stereocenters. The third kappa shape index (κ3) is 3.81. The molecular formula is C15H8N6O7S2. The summed E-state index contributed by atoms with van der Waals surface area (Å²) in [6, 6.07) is 7.08. The van der Waals surface area contributed by atoms with Crippen LogP contribution in [0.3, 0.4) is 0 Å². The highest BCUT2D eigenvalue weighted by Crippen LogP contribution is 2.41. The van der Waals surface area contributed by atoms with Crippen molar-refractivity contribution >= 4 is 42.6 Å². The van der Waals surface area contributed by atoms with Crippen molar-refractivity contribution in [2.45, 2.75) is 9.79 Å². The van der Waals surface area contributed by atoms with E-state index in [0.717, 1.165) is 24.3 Å². The van der Waals surface area contributed by atoms with Gasteiger partial charge in [-0.1, -0.05) is 6.07 Å². The van der Waals surface area contributed by atoms with Gasteiger partial charge in [-0.25, -0.2) is 0 Å². The van der Waals surface area contributed by atoms with Gasteiger partial charge in [-0.15, -0.1) is 10.2 Å². The van der Waals surface area contributed by atoms with Gasteiger partial charge in [0.25, 0.3) is 20.2 Å². The van der Waals surface area contributed by atoms with Crippen molar-refractivity contribution in [2.75, 3.05) is 0 Å². The van der Waals surface area contributed by atoms with Gasteiger partial charge in [-0.05, 0) is 23.6 Å². The summed E-state index contributed by atoms with van der Waals surface area (Å²) in [6.45, 7) is 0. The van der Waals surface area contributed by atoms with Crippen LogP contribution in [0.5, 0.6) is 5.75 Å². The topological polar surface area (TPSA) is 230 Å². The maximum absolute atomic E-state index is 11.6. The van der Waals surface area contributed by atoms with Crippen LogP contribution < -0.4 is 0 Å². The number of rotatable bonds is 4. The molecule has 0 aliphatic rings. The lowest BCUT2D eigenvalue weighted by Gasteiger charge is -2.09. The maximum atomic E-state index is 11.6. The Morgan fingerprint density at radius 1 is 1.00 bits per heavy atom. The zero-order chi connectivity index (χ0) is 22.3. The van der Waals surface area contributed by atoms with Crippen LogP contribution in [0.2, 0.25) is 0 Å². The minimum Gasteiger partial charge on any atom is -0.504 e. The highest BCUT2D eigenvalue weighted by atomic mass is 32.2. The molecule has 0 radical (unpaired) electrons. The van der Waals surface area contributed by atoms with Gasteiger partial charge < -0.3 is 10.1 Å². The van der Waals surface area contributed by atoms with Crippen LogP contribution in [0, 0.1) is 22.7 Å². The molecule has 1 aromatic heterocycles. The molecule has 0 aliphatic carbocycles. The summed E-state index contributed by atoms with van der Waals surface area (Å²) in [5.74, 6) is -1.32. The van der Waals surface area contributed by atoms with Crippen LogP contribution in [0.25, 0.3) is 10.8 Å². The largest absolute Gasteiger partial charge is 0.504 e. The zero-order valence-corrected chi connectivity index (χ0v) is 16.0. The maximum Gasteiger partial charge on any atom is 0.298 e. The Kier molecular flexibility index (Phi) is 4.98. The fraction of sp³-hybridized carbons (Fsp3) is 0. The van der Waals surface area contributed by atoms with E-state index in [9.17, 15) is 31.0 Å². The zero-order valence-electron chi connectivity index (χ0n) is 14.3. The average Bonchev–Trinajstić information content (AvgIpc) is 3.07. The highest BCUT2D eigenvalue weighted by molar-refractivity contribution is 7.86. The number of phenolic OH excluding ortho intramolecular Hbond substituents is 1. The minimum absolute atomic E-state index is 0.00335. The molecule has 0 saturated carbocycles. The number of aromatic amines is 1. The van der Waals surface area contributed by atoms with E-state index < -0.39 is 41.5 Å². The molecular weight excluding hydrogens is 440 g/mol. The molecule has 0 atom stereocenters. The fourth-order valence-electron chi connectivity index (χ4n) is 2.46. The Labute approximate surface area is 168 Å². The molecule has 15 heteroatoms. The summed E-state index contributed by atoms with van der Waals surface area (Å²) in [5.41, 5.74) is -0.967. The van der Waals surface area contributed by atoms with Gasteiger partial charge in [0.1, 0.15) is 22.7 Å². The van der Waals surface area contributed by atoms with E-state index in [1.807, 2.05) is 0 Å². The van der Waals surface area contributed by atoms with Gasteiger partial charge in [0.2, 0.25) is 5.95 Å². The molecule has 4 N–H and O–H groups in total. The molecule has 3 aromatic rings. The molecule has 0 fully saturated rings. The first-order valence-corrected chi connectivity index (χ1v) is 10.4. The lowest BCUT2D eigenvalue weighted by atomic mass is 10.1. The van der Waals surface area contributed by atoms with Crippen molar-refractivity contribution in [1.82, 2.24) is 9.97 Å². The number of nitrogens with one attached hydrogen (secondary N) is 1. The first-order valence-electron chi connectivity index (χ1n) is 7.52. The summed E-state index contributed by atoms with van der Waals surface area (Å²) >= 11 is 0. The monoisotopic (exact) mass is 448 g/mol. The summed E-state index contributed by atoms with van der Waals surface area (Å²) < 4.78 is 64.4. The Hall–Kier alpha value is -3.89. The first-order chi connectivity index (χ1) is 14.0. The van der Waals surface area contributed by atoms with E-state index >= 15 is 0 Å². The molecule has 3 rings (SSSR count). The van der Waals surface area contributed by atoms with Crippen molar-refractivity contribution in [2.24, 2.45) is 10.2 Å². The Balaban J connectivity index is 2.29. The van der Waals surface area contributed by atoms with Crippen molar-refractivity contribution < 1.29 is 31.0 Å². The molecule has 0 spiro atoms. The SMILES string of the molecule is N#Cc1nc(N=Nc2c(O)c(S(=O)(=O)O)cc3cc(S(=O)(=O)O)ccc23)[nH]c1C#N. The summed E-state index contributed by atoms with van der Waals surface area (Å²) in [7, 11) is -9.60. The molecule has 0 bridgehead atoms. The van der Waals surface area contributed by atoms with Crippen molar-refractivity contribution in [3.8, 4) is 17.9 Å². The van der Waals surface area contributed by atoms with Crippen molar-refractivity contribution in [3.63, 3.8) is 0 Å². The average molecular weight is 448 g/mol. The van der Waals surface area contributed by atoms with Gasteiger partial charge in [-0.2, -0.15) is 32.3 Å². The second-order valence-corrected chi connectivity index (χ2v) is 8.42.